The summed E-state index contributed by atoms with van der Waals surface area (Å²) in [4.78, 5) is 1.64. The number of nitrogens with one attached hydrogen (secondary N) is 1. The van der Waals surface area contributed by atoms with Gasteiger partial charge < -0.3 is 0 Å². The van der Waals surface area contributed by atoms with E-state index < -0.39 is 0 Å². The van der Waals surface area contributed by atoms with Gasteiger partial charge in [0.15, 0.2) is 0 Å². The largest absolute Gasteiger partial charge is 0.266 e. The van der Waals surface area contributed by atoms with E-state index in [0.29, 0.717) is 4.64 Å². The van der Waals surface area contributed by atoms with E-state index in [1.54, 1.807) is 11.0 Å². The minimum Gasteiger partial charge on any atom is -0.266 e. The van der Waals surface area contributed by atoms with E-state index in [2.05, 4.69) is 10.2 Å². The minimum atomic E-state index is 0.638. The van der Waals surface area contributed by atoms with Crippen molar-refractivity contribution >= 4 is 12.2 Å². The Kier molecular flexibility index (Phi) is 1.75. The van der Waals surface area contributed by atoms with Crippen LogP contribution in [0.25, 0.3) is 5.69 Å². The van der Waals surface area contributed by atoms with Gasteiger partial charge in [0.25, 0.3) is 0 Å². The zero-order valence-corrected chi connectivity index (χ0v) is 7.08. The average molecular weight is 177 g/mol. The molecule has 0 saturated carbocycles. The number of hydrogen-bond acceptors (Lipinski definition) is 2. The molecule has 0 fully saturated rings. The monoisotopic (exact) mass is 177 g/mol. The molecule has 12 heavy (non-hydrogen) atoms. The fourth-order valence-electron chi connectivity index (χ4n) is 0.973. The van der Waals surface area contributed by atoms with Gasteiger partial charge in [-0.1, -0.05) is 30.4 Å². The van der Waals surface area contributed by atoms with Gasteiger partial charge in [0.1, 0.15) is 4.64 Å². The molecule has 0 unspecified atom stereocenters. The highest BCUT2D eigenvalue weighted by Crippen LogP contribution is 2.01. The first-order valence-electron chi connectivity index (χ1n) is 3.56. The van der Waals surface area contributed by atoms with Gasteiger partial charge in [-0.2, -0.15) is 9.90 Å². The lowest BCUT2D eigenvalue weighted by Crippen LogP contribution is -1.97. The second-order valence-corrected chi connectivity index (χ2v) is 2.81. The van der Waals surface area contributed by atoms with Gasteiger partial charge in [-0.05, 0) is 12.1 Å². The third-order valence-electron chi connectivity index (χ3n) is 1.51. The van der Waals surface area contributed by atoms with Crippen LogP contribution in [0.5, 0.6) is 0 Å². The maximum absolute atomic E-state index is 4.89. The molecule has 0 atom stereocenters. The Morgan fingerprint density at radius 3 is 2.58 bits per heavy atom. The summed E-state index contributed by atoms with van der Waals surface area (Å²) < 4.78 is 0.638. The van der Waals surface area contributed by atoms with Crippen LogP contribution in [0.15, 0.2) is 36.5 Å². The quantitative estimate of drug-likeness (QED) is 0.675. The van der Waals surface area contributed by atoms with Crippen molar-refractivity contribution in [1.82, 2.24) is 15.0 Å². The third kappa shape index (κ3) is 1.29. The molecule has 0 aliphatic heterocycles. The van der Waals surface area contributed by atoms with E-state index in [0.717, 1.165) is 5.69 Å². The topological polar surface area (TPSA) is 33.6 Å². The standard InChI is InChI=1S/C8H7N3S/c12-8-6-9-11(10-8)7-4-2-1-3-5-7/h1-6H,(H,10,12). The average Bonchev–Trinajstić information content (AvgIpc) is 2.54. The molecule has 3 nitrogen and oxygen atoms in total. The van der Waals surface area contributed by atoms with Crippen molar-refractivity contribution in [3.05, 3.63) is 41.2 Å². The number of para-hydroxylation sites is 1. The van der Waals surface area contributed by atoms with E-state index in [1.807, 2.05) is 30.3 Å². The van der Waals surface area contributed by atoms with Crippen molar-refractivity contribution in [3.8, 4) is 5.69 Å². The van der Waals surface area contributed by atoms with Crippen molar-refractivity contribution in [2.45, 2.75) is 0 Å². The zero-order chi connectivity index (χ0) is 8.39. The Morgan fingerprint density at radius 2 is 2.00 bits per heavy atom. The van der Waals surface area contributed by atoms with Gasteiger partial charge in [0.05, 0.1) is 11.9 Å². The van der Waals surface area contributed by atoms with Crippen LogP contribution in [0, 0.1) is 4.64 Å². The summed E-state index contributed by atoms with van der Waals surface area (Å²) in [7, 11) is 0. The minimum absolute atomic E-state index is 0.638. The molecule has 1 N–H and O–H groups in total. The van der Waals surface area contributed by atoms with Crippen molar-refractivity contribution in [2.24, 2.45) is 0 Å². The Balaban J connectivity index is 2.51. The first-order chi connectivity index (χ1) is 5.86. The number of rotatable bonds is 1. The van der Waals surface area contributed by atoms with Crippen LogP contribution in [0.1, 0.15) is 0 Å². The summed E-state index contributed by atoms with van der Waals surface area (Å²) in [6.45, 7) is 0. The van der Waals surface area contributed by atoms with Crippen LogP contribution in [0.3, 0.4) is 0 Å². The summed E-state index contributed by atoms with van der Waals surface area (Å²) in [6.07, 6.45) is 1.61. The lowest BCUT2D eigenvalue weighted by molar-refractivity contribution is 0.750. The van der Waals surface area contributed by atoms with Gasteiger partial charge in [0, 0.05) is 0 Å². The third-order valence-corrected chi connectivity index (χ3v) is 1.70. The lowest BCUT2D eigenvalue weighted by atomic mass is 10.3. The smallest absolute Gasteiger partial charge is 0.139 e. The molecule has 0 radical (unpaired) electrons. The van der Waals surface area contributed by atoms with Crippen molar-refractivity contribution in [2.75, 3.05) is 0 Å². The van der Waals surface area contributed by atoms with Crippen LogP contribution in [0.2, 0.25) is 0 Å². The van der Waals surface area contributed by atoms with Gasteiger partial charge in [-0.3, -0.25) is 5.10 Å². The zero-order valence-electron chi connectivity index (χ0n) is 6.27. The molecule has 0 amide bonds. The molecule has 0 aliphatic rings. The van der Waals surface area contributed by atoms with Crippen molar-refractivity contribution in [3.63, 3.8) is 0 Å². The molecule has 0 saturated heterocycles. The molecule has 4 heteroatoms. The maximum Gasteiger partial charge on any atom is 0.139 e. The maximum atomic E-state index is 4.89. The second-order valence-electron chi connectivity index (χ2n) is 2.37. The van der Waals surface area contributed by atoms with Gasteiger partial charge in [0.2, 0.25) is 0 Å². The summed E-state index contributed by atoms with van der Waals surface area (Å²) in [5.74, 6) is 0. The predicted octanol–water partition coefficient (Wildman–Crippen LogP) is 1.93. The summed E-state index contributed by atoms with van der Waals surface area (Å²) in [6, 6.07) is 9.78. The summed E-state index contributed by atoms with van der Waals surface area (Å²) >= 11 is 4.89. The summed E-state index contributed by atoms with van der Waals surface area (Å²) in [5.41, 5.74) is 0.980. The van der Waals surface area contributed by atoms with Crippen LogP contribution in [-0.2, 0) is 0 Å². The van der Waals surface area contributed by atoms with E-state index in [4.69, 9.17) is 12.2 Å². The van der Waals surface area contributed by atoms with Crippen molar-refractivity contribution < 1.29 is 0 Å². The molecule has 2 aromatic rings. The van der Waals surface area contributed by atoms with Crippen LogP contribution >= 0.6 is 12.2 Å². The highest BCUT2D eigenvalue weighted by atomic mass is 32.1. The Bertz CT molecular complexity index is 415. The van der Waals surface area contributed by atoms with E-state index in [-0.39, 0.29) is 0 Å². The number of aromatic nitrogens is 3. The lowest BCUT2D eigenvalue weighted by Gasteiger charge is -1.97. The number of benzene rings is 1. The normalized spacial score (nSPS) is 10.0. The molecule has 0 bridgehead atoms. The molecule has 1 aromatic heterocycles. The van der Waals surface area contributed by atoms with E-state index in [9.17, 15) is 0 Å². The van der Waals surface area contributed by atoms with Crippen LogP contribution < -0.4 is 0 Å². The second kappa shape index (κ2) is 2.91. The first-order valence-corrected chi connectivity index (χ1v) is 3.97. The first kappa shape index (κ1) is 7.24. The number of nitrogens with zero attached hydrogens (tertiary/aromatic N) is 2. The molecule has 2 rings (SSSR count). The Hall–Kier alpha value is -1.42. The van der Waals surface area contributed by atoms with Gasteiger partial charge >= 0.3 is 0 Å². The van der Waals surface area contributed by atoms with Crippen LogP contribution in [0.4, 0.5) is 0 Å². The SMILES string of the molecule is S=c1cnn(-c2ccccc2)[nH]1. The van der Waals surface area contributed by atoms with E-state index in [1.165, 1.54) is 0 Å². The predicted molar refractivity (Wildman–Crippen MR) is 48.7 cm³/mol. The molecule has 60 valence electrons. The highest BCUT2D eigenvalue weighted by molar-refractivity contribution is 7.71. The summed E-state index contributed by atoms with van der Waals surface area (Å²) in [5, 5.41) is 6.96. The van der Waals surface area contributed by atoms with Crippen molar-refractivity contribution in [1.29, 1.82) is 0 Å². The van der Waals surface area contributed by atoms with Gasteiger partial charge in [-0.25, -0.2) is 0 Å². The van der Waals surface area contributed by atoms with Crippen LogP contribution in [-0.4, -0.2) is 15.0 Å². The molecular weight excluding hydrogens is 170 g/mol. The molecule has 0 aliphatic carbocycles. The van der Waals surface area contributed by atoms with E-state index >= 15 is 0 Å². The highest BCUT2D eigenvalue weighted by Gasteiger charge is 1.92. The number of aromatic amines is 1. The molecule has 1 heterocycles. The fourth-order valence-corrected chi connectivity index (χ4v) is 1.11. The number of H-pyrrole nitrogens is 1. The fraction of sp³-hybridized carbons (Fsp3) is 0. The molecule has 0 spiro atoms. The number of hydrogen-bond donors (Lipinski definition) is 1. The molecular formula is C8H7N3S. The Morgan fingerprint density at radius 1 is 1.25 bits per heavy atom. The molecule has 1 aromatic carbocycles. The Labute approximate surface area is 74.6 Å². The van der Waals surface area contributed by atoms with Gasteiger partial charge in [-0.15, -0.1) is 0 Å².